The Labute approximate surface area is 190 Å². The van der Waals surface area contributed by atoms with Crippen molar-refractivity contribution in [3.05, 3.63) is 76.3 Å². The number of anilines is 1. The van der Waals surface area contributed by atoms with E-state index < -0.39 is 0 Å². The first-order valence-corrected chi connectivity index (χ1v) is 11.8. The number of nitrogens with zero attached hydrogens (tertiary/aromatic N) is 1. The Morgan fingerprint density at radius 1 is 1.23 bits per heavy atom. The van der Waals surface area contributed by atoms with Crippen molar-refractivity contribution in [3.8, 4) is 0 Å². The van der Waals surface area contributed by atoms with Crippen molar-refractivity contribution < 1.29 is 4.79 Å². The molecule has 1 aliphatic heterocycles. The van der Waals surface area contributed by atoms with Crippen LogP contribution < -0.4 is 5.32 Å². The number of likely N-dealkylation sites (tertiary alicyclic amines) is 1. The average molecular weight is 435 g/mol. The molecule has 31 heavy (non-hydrogen) atoms. The van der Waals surface area contributed by atoms with Gasteiger partial charge in [-0.15, -0.1) is 0 Å². The highest BCUT2D eigenvalue weighted by molar-refractivity contribution is 6.30. The number of nitrogens with one attached hydrogen (secondary N) is 1. The van der Waals surface area contributed by atoms with E-state index in [0.29, 0.717) is 23.9 Å². The topological polar surface area (TPSA) is 32.3 Å². The molecule has 4 unspecified atom stereocenters. The van der Waals surface area contributed by atoms with Crippen LogP contribution in [0.1, 0.15) is 43.9 Å². The number of allylic oxidation sites excluding steroid dienone is 1. The Hall–Kier alpha value is -2.10. The summed E-state index contributed by atoms with van der Waals surface area (Å²) >= 11 is 6.08. The molecule has 0 spiro atoms. The molecular weight excluding hydrogens is 404 g/mol. The third-order valence-corrected chi connectivity index (χ3v) is 8.28. The van der Waals surface area contributed by atoms with E-state index >= 15 is 0 Å². The first-order chi connectivity index (χ1) is 14.8. The number of piperidine rings is 1. The summed E-state index contributed by atoms with van der Waals surface area (Å²) < 4.78 is 0. The van der Waals surface area contributed by atoms with Crippen molar-refractivity contribution in [1.29, 1.82) is 0 Å². The number of hydrogen-bond acceptors (Lipinski definition) is 2. The summed E-state index contributed by atoms with van der Waals surface area (Å²) in [5.41, 5.74) is 5.09. The Morgan fingerprint density at radius 2 is 2.00 bits per heavy atom. The second-order valence-electron chi connectivity index (χ2n) is 9.83. The summed E-state index contributed by atoms with van der Waals surface area (Å²) in [5, 5.41) is 3.78. The second kappa shape index (κ2) is 7.79. The smallest absolute Gasteiger partial charge is 0.221 e. The summed E-state index contributed by atoms with van der Waals surface area (Å²) in [5.74, 6) is 1.20. The molecular formula is C27H31ClN2O. The number of halogens is 1. The fraction of sp³-hybridized carbons (Fsp3) is 0.444. The van der Waals surface area contributed by atoms with Crippen molar-refractivity contribution in [2.24, 2.45) is 11.8 Å². The SMILES string of the molecule is CC(=O)Nc1ccc2c(c1)[C@@]1(C)C=CC3CC1C(C2)N(CCc1ccc(Cl)cc1)C3C. The molecule has 2 aromatic carbocycles. The van der Waals surface area contributed by atoms with Gasteiger partial charge in [0.15, 0.2) is 0 Å². The zero-order chi connectivity index (χ0) is 21.8. The van der Waals surface area contributed by atoms with Gasteiger partial charge in [-0.25, -0.2) is 0 Å². The molecule has 0 aromatic heterocycles. The van der Waals surface area contributed by atoms with E-state index in [4.69, 9.17) is 11.6 Å². The van der Waals surface area contributed by atoms with E-state index in [0.717, 1.165) is 30.1 Å². The fourth-order valence-electron chi connectivity index (χ4n) is 6.35. The normalized spacial score (nSPS) is 31.2. The molecule has 1 fully saturated rings. The van der Waals surface area contributed by atoms with Crippen molar-refractivity contribution in [2.75, 3.05) is 11.9 Å². The number of amides is 1. The molecule has 1 heterocycles. The predicted molar refractivity (Wildman–Crippen MR) is 128 cm³/mol. The van der Waals surface area contributed by atoms with Crippen molar-refractivity contribution in [2.45, 2.75) is 57.5 Å². The highest BCUT2D eigenvalue weighted by Gasteiger charge is 2.52. The van der Waals surface area contributed by atoms with Crippen molar-refractivity contribution in [1.82, 2.24) is 4.90 Å². The van der Waals surface area contributed by atoms with Crippen LogP contribution in [-0.4, -0.2) is 29.4 Å². The molecule has 2 aromatic rings. The molecule has 5 rings (SSSR count). The van der Waals surface area contributed by atoms with E-state index in [9.17, 15) is 4.79 Å². The van der Waals surface area contributed by atoms with Crippen LogP contribution in [0.2, 0.25) is 5.02 Å². The van der Waals surface area contributed by atoms with Crippen molar-refractivity contribution >= 4 is 23.2 Å². The van der Waals surface area contributed by atoms with Crippen LogP contribution in [0.15, 0.2) is 54.6 Å². The second-order valence-corrected chi connectivity index (χ2v) is 10.3. The van der Waals surface area contributed by atoms with E-state index in [1.807, 2.05) is 12.1 Å². The Balaban J connectivity index is 1.47. The van der Waals surface area contributed by atoms with Crippen LogP contribution in [0.5, 0.6) is 0 Å². The van der Waals surface area contributed by atoms with Crippen LogP contribution in [0.3, 0.4) is 0 Å². The van der Waals surface area contributed by atoms with Gasteiger partial charge in [-0.2, -0.15) is 0 Å². The fourth-order valence-corrected chi connectivity index (χ4v) is 6.47. The molecule has 162 valence electrons. The summed E-state index contributed by atoms with van der Waals surface area (Å²) in [6, 6.07) is 15.9. The molecule has 1 saturated heterocycles. The molecule has 0 saturated carbocycles. The number of benzene rings is 2. The first kappa shape index (κ1) is 20.8. The zero-order valence-electron chi connectivity index (χ0n) is 18.6. The molecule has 1 amide bonds. The van der Waals surface area contributed by atoms with Crippen LogP contribution >= 0.6 is 11.6 Å². The summed E-state index contributed by atoms with van der Waals surface area (Å²) in [4.78, 5) is 14.4. The lowest BCUT2D eigenvalue weighted by Gasteiger charge is -2.59. The van der Waals surface area contributed by atoms with E-state index in [1.165, 1.54) is 23.1 Å². The maximum absolute atomic E-state index is 11.6. The van der Waals surface area contributed by atoms with Gasteiger partial charge in [-0.3, -0.25) is 9.69 Å². The lowest BCUT2D eigenvalue weighted by atomic mass is 9.54. The van der Waals surface area contributed by atoms with Gasteiger partial charge < -0.3 is 5.32 Å². The molecule has 1 N–H and O–H groups in total. The quantitative estimate of drug-likeness (QED) is 0.633. The molecule has 2 bridgehead atoms. The van der Waals surface area contributed by atoms with Gasteiger partial charge in [-0.05, 0) is 79.0 Å². The van der Waals surface area contributed by atoms with E-state index in [1.54, 1.807) is 6.92 Å². The first-order valence-electron chi connectivity index (χ1n) is 11.5. The Morgan fingerprint density at radius 3 is 2.74 bits per heavy atom. The number of carbonyl (C=O) groups is 1. The third kappa shape index (κ3) is 3.62. The standard InChI is InChI=1S/C27H31ClN2O/c1-17-20-10-12-27(3)24-16-23(29-18(2)31)9-6-21(24)15-26(25(27)14-20)30(17)13-11-19-4-7-22(28)8-5-19/h4-10,12,16-17,20,25-26H,11,13-15H2,1-3H3,(H,29,31)/t17?,20?,25?,26?,27-/m1/s1. The van der Waals surface area contributed by atoms with E-state index in [-0.39, 0.29) is 11.3 Å². The van der Waals surface area contributed by atoms with Gasteiger partial charge in [0.2, 0.25) is 5.91 Å². The molecule has 3 nitrogen and oxygen atoms in total. The lowest BCUT2D eigenvalue weighted by molar-refractivity contribution is -0.114. The maximum Gasteiger partial charge on any atom is 0.221 e. The number of hydrogen-bond donors (Lipinski definition) is 1. The van der Waals surface area contributed by atoms with Gasteiger partial charge in [0.25, 0.3) is 0 Å². The average Bonchev–Trinajstić information content (AvgIpc) is 2.74. The number of fused-ring (bicyclic) bond motifs is 3. The summed E-state index contributed by atoms with van der Waals surface area (Å²) in [7, 11) is 0. The summed E-state index contributed by atoms with van der Waals surface area (Å²) in [6.45, 7) is 7.46. The number of carbonyl (C=O) groups excluding carboxylic acids is 1. The van der Waals surface area contributed by atoms with Crippen LogP contribution in [-0.2, 0) is 23.1 Å². The van der Waals surface area contributed by atoms with Gasteiger partial charge in [0, 0.05) is 41.7 Å². The minimum Gasteiger partial charge on any atom is -0.326 e. The van der Waals surface area contributed by atoms with Crippen LogP contribution in [0, 0.1) is 11.8 Å². The van der Waals surface area contributed by atoms with Crippen LogP contribution in [0.4, 0.5) is 5.69 Å². The van der Waals surface area contributed by atoms with Gasteiger partial charge in [0.1, 0.15) is 0 Å². The van der Waals surface area contributed by atoms with E-state index in [2.05, 4.69) is 66.5 Å². The summed E-state index contributed by atoms with van der Waals surface area (Å²) in [6.07, 6.45) is 8.32. The molecule has 5 atom stereocenters. The highest BCUT2D eigenvalue weighted by atomic mass is 35.5. The number of rotatable bonds is 4. The minimum absolute atomic E-state index is 0.0158. The van der Waals surface area contributed by atoms with Crippen LogP contribution in [0.25, 0.3) is 0 Å². The molecule has 3 aliphatic rings. The van der Waals surface area contributed by atoms with Crippen molar-refractivity contribution in [3.63, 3.8) is 0 Å². The molecule has 0 radical (unpaired) electrons. The minimum atomic E-state index is -0.0158. The maximum atomic E-state index is 11.6. The van der Waals surface area contributed by atoms with Gasteiger partial charge >= 0.3 is 0 Å². The third-order valence-electron chi connectivity index (χ3n) is 8.03. The predicted octanol–water partition coefficient (Wildman–Crippen LogP) is 5.62. The Kier molecular flexibility index (Phi) is 5.22. The lowest BCUT2D eigenvalue weighted by Crippen LogP contribution is -2.62. The molecule has 2 aliphatic carbocycles. The Bertz CT molecular complexity index is 1030. The van der Waals surface area contributed by atoms with Gasteiger partial charge in [-0.1, -0.05) is 48.9 Å². The highest BCUT2D eigenvalue weighted by Crippen LogP contribution is 2.53. The van der Waals surface area contributed by atoms with Gasteiger partial charge in [0.05, 0.1) is 0 Å². The largest absolute Gasteiger partial charge is 0.326 e. The zero-order valence-corrected chi connectivity index (χ0v) is 19.3. The molecule has 4 heteroatoms. The monoisotopic (exact) mass is 434 g/mol.